The van der Waals surface area contributed by atoms with Crippen molar-refractivity contribution in [1.29, 1.82) is 0 Å². The summed E-state index contributed by atoms with van der Waals surface area (Å²) in [5.74, 6) is -0.172. The Labute approximate surface area is 284 Å². The first-order valence-corrected chi connectivity index (χ1v) is 18.0. The van der Waals surface area contributed by atoms with Gasteiger partial charge in [-0.05, 0) is 135 Å². The van der Waals surface area contributed by atoms with Crippen LogP contribution >= 0.6 is 0 Å². The van der Waals surface area contributed by atoms with Crippen molar-refractivity contribution in [2.45, 2.75) is 141 Å². The topological polar surface area (TPSA) is 79.9 Å². The fraction of sp³-hybridized carbons (Fsp3) is 0.641. The summed E-state index contributed by atoms with van der Waals surface area (Å²) in [6.07, 6.45) is 8.18. The molecule has 2 saturated heterocycles. The Bertz CT molecular complexity index is 1380. The number of piperidine rings is 1. The lowest BCUT2D eigenvalue weighted by molar-refractivity contribution is -0.138. The van der Waals surface area contributed by atoms with Gasteiger partial charge in [-0.25, -0.2) is 0 Å². The second-order valence-corrected chi connectivity index (χ2v) is 16.3. The molecule has 2 fully saturated rings. The first kappa shape index (κ1) is 35.6. The van der Waals surface area contributed by atoms with Gasteiger partial charge in [-0.2, -0.15) is 0 Å². The molecular weight excluding hydrogens is 585 g/mol. The number of nitrogens with zero attached hydrogens (tertiary/aromatic N) is 1. The molecule has 2 aliphatic heterocycles. The summed E-state index contributed by atoms with van der Waals surface area (Å²) in [6.45, 7) is 17.7. The van der Waals surface area contributed by atoms with E-state index < -0.39 is 11.1 Å². The fourth-order valence-electron chi connectivity index (χ4n) is 7.97. The van der Waals surface area contributed by atoms with E-state index >= 15 is 0 Å². The van der Waals surface area contributed by atoms with Crippen LogP contribution in [0.3, 0.4) is 0 Å². The maximum Gasteiger partial charge on any atom is 0.457 e. The largest absolute Gasteiger partial charge is 0.457 e. The standard InChI is InChI=1S/C39H58BN3O4/c1-28(44)41-39(35(45)42-36(2,3)4,23-12-13-24-40-46-37(5,6)38(7,8)47-40)32-21-25-43(26-22-32)34-18-14-17-31-27-30(19-20-33(31)34)29-15-10-9-11-16-29/h9-11,15-16,19-20,27,32,34H,12-14,17-18,21-26H2,1-8H3,(H,41,44)(H,42,45). The number of unbranched alkanes of at least 4 members (excludes halogenated alkanes) is 1. The molecular formula is C39H58BN3O4. The number of hydrogen-bond acceptors (Lipinski definition) is 5. The lowest BCUT2D eigenvalue weighted by Gasteiger charge is -2.47. The fourth-order valence-corrected chi connectivity index (χ4v) is 7.97. The minimum Gasteiger partial charge on any atom is -0.403 e. The van der Waals surface area contributed by atoms with Crippen molar-refractivity contribution in [3.63, 3.8) is 0 Å². The number of likely N-dealkylation sites (tertiary alicyclic amines) is 1. The minimum atomic E-state index is -0.962. The van der Waals surface area contributed by atoms with E-state index in [2.05, 4.69) is 91.8 Å². The van der Waals surface area contributed by atoms with Gasteiger partial charge in [0.15, 0.2) is 0 Å². The zero-order chi connectivity index (χ0) is 34.0. The Morgan fingerprint density at radius 1 is 0.894 bits per heavy atom. The van der Waals surface area contributed by atoms with Crippen molar-refractivity contribution >= 4 is 18.9 Å². The summed E-state index contributed by atoms with van der Waals surface area (Å²) in [5.41, 5.74) is 3.37. The van der Waals surface area contributed by atoms with E-state index in [9.17, 15) is 9.59 Å². The van der Waals surface area contributed by atoms with E-state index in [0.29, 0.717) is 12.5 Å². The second-order valence-electron chi connectivity index (χ2n) is 16.3. The Hall–Kier alpha value is -2.68. The number of fused-ring (bicyclic) bond motifs is 1. The average molecular weight is 644 g/mol. The third-order valence-corrected chi connectivity index (χ3v) is 11.1. The molecule has 256 valence electrons. The van der Waals surface area contributed by atoms with Crippen LogP contribution < -0.4 is 10.6 Å². The number of nitrogens with one attached hydrogen (secondary N) is 2. The average Bonchev–Trinajstić information content (AvgIpc) is 3.22. The molecule has 0 spiro atoms. The van der Waals surface area contributed by atoms with Gasteiger partial charge in [0.05, 0.1) is 11.2 Å². The molecule has 2 amide bonds. The molecule has 7 nitrogen and oxygen atoms in total. The van der Waals surface area contributed by atoms with Crippen molar-refractivity contribution in [2.75, 3.05) is 13.1 Å². The van der Waals surface area contributed by atoms with Crippen LogP contribution in [0.15, 0.2) is 48.5 Å². The number of rotatable bonds is 10. The molecule has 2 aromatic rings. The first-order chi connectivity index (χ1) is 22.1. The predicted octanol–water partition coefficient (Wildman–Crippen LogP) is 7.50. The number of hydrogen-bond donors (Lipinski definition) is 2. The molecule has 2 unspecified atom stereocenters. The van der Waals surface area contributed by atoms with E-state index in [0.717, 1.165) is 57.9 Å². The third-order valence-electron chi connectivity index (χ3n) is 11.1. The van der Waals surface area contributed by atoms with Gasteiger partial charge in [0, 0.05) is 18.5 Å². The van der Waals surface area contributed by atoms with Crippen LogP contribution in [0.25, 0.3) is 11.1 Å². The molecule has 0 bridgehead atoms. The van der Waals surface area contributed by atoms with Crippen molar-refractivity contribution in [2.24, 2.45) is 5.92 Å². The van der Waals surface area contributed by atoms with Gasteiger partial charge in [-0.1, -0.05) is 61.4 Å². The highest BCUT2D eigenvalue weighted by atomic mass is 16.7. The smallest absolute Gasteiger partial charge is 0.403 e. The van der Waals surface area contributed by atoms with Crippen molar-refractivity contribution in [3.05, 3.63) is 59.7 Å². The Morgan fingerprint density at radius 3 is 2.17 bits per heavy atom. The molecule has 3 aliphatic rings. The lowest BCUT2D eigenvalue weighted by atomic mass is 9.72. The Kier molecular flexibility index (Phi) is 10.6. The van der Waals surface area contributed by atoms with Crippen LogP contribution in [0, 0.1) is 5.92 Å². The minimum absolute atomic E-state index is 0.0466. The van der Waals surface area contributed by atoms with Crippen LogP contribution in [0.5, 0.6) is 0 Å². The first-order valence-electron chi connectivity index (χ1n) is 18.0. The predicted molar refractivity (Wildman–Crippen MR) is 191 cm³/mol. The summed E-state index contributed by atoms with van der Waals surface area (Å²) in [6, 6.07) is 18.1. The number of aryl methyl sites for hydroxylation is 1. The maximum absolute atomic E-state index is 14.2. The molecule has 8 heteroatoms. The highest BCUT2D eigenvalue weighted by molar-refractivity contribution is 6.45. The van der Waals surface area contributed by atoms with Crippen LogP contribution in [0.1, 0.15) is 118 Å². The zero-order valence-corrected chi connectivity index (χ0v) is 30.2. The molecule has 2 heterocycles. The lowest BCUT2D eigenvalue weighted by Crippen LogP contribution is -2.66. The number of carbonyl (C=O) groups is 2. The molecule has 1 aliphatic carbocycles. The highest BCUT2D eigenvalue weighted by Crippen LogP contribution is 2.42. The quantitative estimate of drug-likeness (QED) is 0.207. The summed E-state index contributed by atoms with van der Waals surface area (Å²) in [4.78, 5) is 29.7. The zero-order valence-electron chi connectivity index (χ0n) is 30.2. The van der Waals surface area contributed by atoms with Gasteiger partial charge >= 0.3 is 7.12 Å². The van der Waals surface area contributed by atoms with Crippen LogP contribution in [0.4, 0.5) is 0 Å². The second kappa shape index (κ2) is 14.0. The van der Waals surface area contributed by atoms with E-state index in [1.54, 1.807) is 6.92 Å². The maximum atomic E-state index is 14.2. The number of benzene rings is 2. The van der Waals surface area contributed by atoms with Crippen molar-refractivity contribution < 1.29 is 18.9 Å². The van der Waals surface area contributed by atoms with Gasteiger partial charge in [0.1, 0.15) is 5.54 Å². The van der Waals surface area contributed by atoms with Crippen LogP contribution in [-0.4, -0.2) is 59.2 Å². The SMILES string of the molecule is CC(=O)NC(CCCCB1OC(C)(C)C(C)(C)O1)(C(=O)NC(C)(C)C)C1CCN(C2CCCc3cc(-c4ccccc4)ccc32)CC1. The molecule has 2 atom stereocenters. The van der Waals surface area contributed by atoms with Crippen LogP contribution in [-0.2, 0) is 25.3 Å². The summed E-state index contributed by atoms with van der Waals surface area (Å²) in [5, 5.41) is 6.50. The third kappa shape index (κ3) is 8.14. The highest BCUT2D eigenvalue weighted by Gasteiger charge is 2.51. The van der Waals surface area contributed by atoms with Crippen molar-refractivity contribution in [3.8, 4) is 11.1 Å². The van der Waals surface area contributed by atoms with Crippen LogP contribution in [0.2, 0.25) is 6.32 Å². The monoisotopic (exact) mass is 643 g/mol. The van der Waals surface area contributed by atoms with E-state index in [-0.39, 0.29) is 36.1 Å². The number of amides is 2. The summed E-state index contributed by atoms with van der Waals surface area (Å²) < 4.78 is 12.5. The van der Waals surface area contributed by atoms with Crippen molar-refractivity contribution in [1.82, 2.24) is 15.5 Å². The molecule has 0 aromatic heterocycles. The summed E-state index contributed by atoms with van der Waals surface area (Å²) >= 11 is 0. The van der Waals surface area contributed by atoms with E-state index in [1.807, 2.05) is 20.8 Å². The number of carbonyl (C=O) groups excluding carboxylic acids is 2. The molecule has 2 aromatic carbocycles. The molecule has 0 saturated carbocycles. The molecule has 2 N–H and O–H groups in total. The van der Waals surface area contributed by atoms with E-state index in [1.165, 1.54) is 28.7 Å². The molecule has 47 heavy (non-hydrogen) atoms. The van der Waals surface area contributed by atoms with Gasteiger partial charge in [0.2, 0.25) is 11.8 Å². The van der Waals surface area contributed by atoms with Gasteiger partial charge < -0.3 is 19.9 Å². The Morgan fingerprint density at radius 2 is 1.55 bits per heavy atom. The Balaban J connectivity index is 1.30. The van der Waals surface area contributed by atoms with Gasteiger partial charge in [-0.15, -0.1) is 0 Å². The molecule has 5 rings (SSSR count). The van der Waals surface area contributed by atoms with E-state index in [4.69, 9.17) is 9.31 Å². The molecule has 0 radical (unpaired) electrons. The van der Waals surface area contributed by atoms with Gasteiger partial charge in [-0.3, -0.25) is 14.5 Å². The summed E-state index contributed by atoms with van der Waals surface area (Å²) in [7, 11) is -0.260. The normalized spacial score (nSPS) is 22.7. The van der Waals surface area contributed by atoms with Gasteiger partial charge in [0.25, 0.3) is 0 Å².